The molecule has 0 spiro atoms. The predicted octanol–water partition coefficient (Wildman–Crippen LogP) is 4.53. The fraction of sp³-hybridized carbons (Fsp3) is 0.188. The second kappa shape index (κ2) is 6.64. The maximum Gasteiger partial charge on any atom is 0.338 e. The number of aromatic nitrogens is 2. The molecule has 0 saturated carbocycles. The van der Waals surface area contributed by atoms with Crippen LogP contribution in [0.15, 0.2) is 38.5 Å². The van der Waals surface area contributed by atoms with Gasteiger partial charge in [0.25, 0.3) is 11.8 Å². The van der Waals surface area contributed by atoms with Gasteiger partial charge in [-0.1, -0.05) is 6.07 Å². The van der Waals surface area contributed by atoms with Gasteiger partial charge in [-0.05, 0) is 65.2 Å². The van der Waals surface area contributed by atoms with Gasteiger partial charge in [0.15, 0.2) is 6.61 Å². The Hall–Kier alpha value is -1.99. The van der Waals surface area contributed by atoms with Gasteiger partial charge in [0.2, 0.25) is 0 Å². The number of benzene rings is 1. The SMILES string of the molecule is Cc1ccc(C(=O)OCc2nnc(-c3ccc(Br)s3)o2)cc1C. The third-order valence-electron chi connectivity index (χ3n) is 3.32. The van der Waals surface area contributed by atoms with Gasteiger partial charge in [-0.15, -0.1) is 21.5 Å². The Morgan fingerprint density at radius 3 is 2.74 bits per heavy atom. The van der Waals surface area contributed by atoms with Crippen molar-refractivity contribution in [3.05, 3.63) is 56.7 Å². The molecular formula is C16H13BrN2O3S. The molecule has 0 aliphatic heterocycles. The summed E-state index contributed by atoms with van der Waals surface area (Å²) in [5.41, 5.74) is 2.68. The van der Waals surface area contributed by atoms with Crippen molar-refractivity contribution in [1.82, 2.24) is 10.2 Å². The minimum atomic E-state index is -0.410. The first-order valence-corrected chi connectivity index (χ1v) is 8.46. The van der Waals surface area contributed by atoms with E-state index < -0.39 is 5.97 Å². The molecule has 0 fully saturated rings. The Morgan fingerprint density at radius 1 is 1.22 bits per heavy atom. The van der Waals surface area contributed by atoms with Crippen LogP contribution in [0.3, 0.4) is 0 Å². The highest BCUT2D eigenvalue weighted by Crippen LogP contribution is 2.30. The van der Waals surface area contributed by atoms with Crippen LogP contribution in [-0.2, 0) is 11.3 Å². The van der Waals surface area contributed by atoms with Crippen molar-refractivity contribution in [2.45, 2.75) is 20.5 Å². The van der Waals surface area contributed by atoms with Gasteiger partial charge >= 0.3 is 5.97 Å². The van der Waals surface area contributed by atoms with E-state index in [1.165, 1.54) is 11.3 Å². The number of nitrogens with zero attached hydrogens (tertiary/aromatic N) is 2. The fourth-order valence-corrected chi connectivity index (χ4v) is 3.23. The largest absolute Gasteiger partial charge is 0.452 e. The molecule has 0 radical (unpaired) electrons. The average Bonchev–Trinajstić information content (AvgIpc) is 3.16. The highest BCUT2D eigenvalue weighted by atomic mass is 79.9. The Morgan fingerprint density at radius 2 is 2.04 bits per heavy atom. The summed E-state index contributed by atoms with van der Waals surface area (Å²) in [6, 6.07) is 9.23. The normalized spacial score (nSPS) is 10.7. The molecule has 0 saturated heterocycles. The Balaban J connectivity index is 1.65. The van der Waals surface area contributed by atoms with Gasteiger partial charge in [-0.2, -0.15) is 0 Å². The topological polar surface area (TPSA) is 65.2 Å². The summed E-state index contributed by atoms with van der Waals surface area (Å²) in [5.74, 6) is 0.270. The smallest absolute Gasteiger partial charge is 0.338 e. The maximum atomic E-state index is 12.0. The van der Waals surface area contributed by atoms with Gasteiger partial charge in [-0.3, -0.25) is 0 Å². The molecule has 2 aromatic heterocycles. The summed E-state index contributed by atoms with van der Waals surface area (Å²) in [5, 5.41) is 7.85. The van der Waals surface area contributed by atoms with Crippen LogP contribution in [0, 0.1) is 13.8 Å². The number of hydrogen-bond donors (Lipinski definition) is 0. The summed E-state index contributed by atoms with van der Waals surface area (Å²) in [6.45, 7) is 3.90. The molecule has 0 amide bonds. The molecule has 0 aliphatic carbocycles. The van der Waals surface area contributed by atoms with Crippen LogP contribution in [0.25, 0.3) is 10.8 Å². The van der Waals surface area contributed by atoms with Crippen LogP contribution in [0.5, 0.6) is 0 Å². The Labute approximate surface area is 145 Å². The summed E-state index contributed by atoms with van der Waals surface area (Å²) in [6.07, 6.45) is 0. The van der Waals surface area contributed by atoms with E-state index in [9.17, 15) is 4.79 Å². The van der Waals surface area contributed by atoms with Crippen molar-refractivity contribution >= 4 is 33.2 Å². The number of carbonyl (C=O) groups is 1. The number of rotatable bonds is 4. The number of ether oxygens (including phenoxy) is 1. The fourth-order valence-electron chi connectivity index (χ4n) is 1.92. The van der Waals surface area contributed by atoms with E-state index in [0.29, 0.717) is 11.5 Å². The predicted molar refractivity (Wildman–Crippen MR) is 90.3 cm³/mol. The van der Waals surface area contributed by atoms with Gasteiger partial charge in [0, 0.05) is 0 Å². The second-order valence-electron chi connectivity index (χ2n) is 4.98. The van der Waals surface area contributed by atoms with E-state index in [2.05, 4.69) is 26.1 Å². The van der Waals surface area contributed by atoms with Crippen LogP contribution < -0.4 is 0 Å². The van der Waals surface area contributed by atoms with Gasteiger partial charge in [0.1, 0.15) is 0 Å². The summed E-state index contributed by atoms with van der Waals surface area (Å²) < 4.78 is 11.7. The number of carbonyl (C=O) groups excluding carboxylic acids is 1. The highest BCUT2D eigenvalue weighted by Gasteiger charge is 2.14. The van der Waals surface area contributed by atoms with Crippen LogP contribution in [-0.4, -0.2) is 16.2 Å². The lowest BCUT2D eigenvalue weighted by atomic mass is 10.1. The molecule has 23 heavy (non-hydrogen) atoms. The zero-order valence-corrected chi connectivity index (χ0v) is 14.9. The van der Waals surface area contributed by atoms with Crippen molar-refractivity contribution in [2.75, 3.05) is 0 Å². The molecule has 3 aromatic rings. The van der Waals surface area contributed by atoms with Crippen molar-refractivity contribution < 1.29 is 13.9 Å². The summed E-state index contributed by atoms with van der Waals surface area (Å²) >= 11 is 4.87. The summed E-state index contributed by atoms with van der Waals surface area (Å²) in [7, 11) is 0. The minimum absolute atomic E-state index is 0.0503. The lowest BCUT2D eigenvalue weighted by Crippen LogP contribution is -2.06. The first-order chi connectivity index (χ1) is 11.0. The van der Waals surface area contributed by atoms with E-state index in [0.717, 1.165) is 19.8 Å². The molecule has 0 aliphatic rings. The van der Waals surface area contributed by atoms with Gasteiger partial charge in [0.05, 0.1) is 14.2 Å². The zero-order chi connectivity index (χ0) is 16.4. The summed E-state index contributed by atoms with van der Waals surface area (Å²) in [4.78, 5) is 12.9. The van der Waals surface area contributed by atoms with Crippen LogP contribution in [0.2, 0.25) is 0 Å². The van der Waals surface area contributed by atoms with Crippen LogP contribution in [0.4, 0.5) is 0 Å². The molecule has 0 bridgehead atoms. The van der Waals surface area contributed by atoms with Crippen molar-refractivity contribution in [1.29, 1.82) is 0 Å². The molecule has 118 valence electrons. The molecule has 0 unspecified atom stereocenters. The first kappa shape index (κ1) is 15.9. The maximum absolute atomic E-state index is 12.0. The third kappa shape index (κ3) is 3.68. The molecule has 5 nitrogen and oxygen atoms in total. The molecular weight excluding hydrogens is 380 g/mol. The molecule has 3 rings (SSSR count). The van der Waals surface area contributed by atoms with E-state index in [4.69, 9.17) is 9.15 Å². The molecule has 1 aromatic carbocycles. The molecule has 0 atom stereocenters. The lowest BCUT2D eigenvalue weighted by molar-refractivity contribution is 0.0438. The number of halogens is 1. The van der Waals surface area contributed by atoms with E-state index in [-0.39, 0.29) is 12.5 Å². The number of esters is 1. The first-order valence-electron chi connectivity index (χ1n) is 6.85. The van der Waals surface area contributed by atoms with E-state index in [1.54, 1.807) is 12.1 Å². The zero-order valence-electron chi connectivity index (χ0n) is 12.5. The van der Waals surface area contributed by atoms with Crippen molar-refractivity contribution in [2.24, 2.45) is 0 Å². The molecule has 0 N–H and O–H groups in total. The molecule has 7 heteroatoms. The van der Waals surface area contributed by atoms with Crippen molar-refractivity contribution in [3.8, 4) is 10.8 Å². The van der Waals surface area contributed by atoms with E-state index in [1.807, 2.05) is 32.0 Å². The van der Waals surface area contributed by atoms with Gasteiger partial charge < -0.3 is 9.15 Å². The number of aryl methyl sites for hydroxylation is 2. The Bertz CT molecular complexity index is 857. The minimum Gasteiger partial charge on any atom is -0.452 e. The third-order valence-corrected chi connectivity index (χ3v) is 4.93. The highest BCUT2D eigenvalue weighted by molar-refractivity contribution is 9.11. The second-order valence-corrected chi connectivity index (χ2v) is 7.44. The quantitative estimate of drug-likeness (QED) is 0.609. The number of thiophene rings is 1. The Kier molecular flexibility index (Phi) is 4.58. The standard InChI is InChI=1S/C16H13BrN2O3S/c1-9-3-4-11(7-10(9)2)16(20)21-8-14-18-19-15(22-14)12-5-6-13(17)23-12/h3-7H,8H2,1-2H3. The average molecular weight is 393 g/mol. The van der Waals surface area contributed by atoms with Gasteiger partial charge in [-0.25, -0.2) is 4.79 Å². The lowest BCUT2D eigenvalue weighted by Gasteiger charge is -2.04. The van der Waals surface area contributed by atoms with Crippen LogP contribution in [0.1, 0.15) is 27.4 Å². The van der Waals surface area contributed by atoms with Crippen LogP contribution >= 0.6 is 27.3 Å². The molecule has 2 heterocycles. The number of hydrogen-bond acceptors (Lipinski definition) is 6. The van der Waals surface area contributed by atoms with E-state index >= 15 is 0 Å². The van der Waals surface area contributed by atoms with Crippen molar-refractivity contribution in [3.63, 3.8) is 0 Å². The monoisotopic (exact) mass is 392 g/mol.